The van der Waals surface area contributed by atoms with Crippen LogP contribution in [0.2, 0.25) is 0 Å². The molecule has 0 amide bonds. The van der Waals surface area contributed by atoms with Gasteiger partial charge in [0.15, 0.2) is 5.65 Å². The molecule has 2 heterocycles. The van der Waals surface area contributed by atoms with Crippen LogP contribution >= 0.6 is 0 Å². The SMILES string of the molecule is CC(C)c1cc2nnnn2c(C(C)C)n1. The molecule has 0 unspecified atom stereocenters. The first-order valence-corrected chi connectivity index (χ1v) is 5.18. The summed E-state index contributed by atoms with van der Waals surface area (Å²) in [5, 5.41) is 11.6. The molecule has 2 aromatic heterocycles. The average Bonchev–Trinajstić information content (AvgIpc) is 2.62. The molecular weight excluding hydrogens is 190 g/mol. The van der Waals surface area contributed by atoms with Crippen LogP contribution in [0, 0.1) is 0 Å². The van der Waals surface area contributed by atoms with Crippen LogP contribution in [0.25, 0.3) is 5.65 Å². The molecule has 0 aliphatic rings. The Balaban J connectivity index is 2.69. The fourth-order valence-electron chi connectivity index (χ4n) is 1.46. The summed E-state index contributed by atoms with van der Waals surface area (Å²) in [5.74, 6) is 1.63. The van der Waals surface area contributed by atoms with Crippen molar-refractivity contribution in [3.63, 3.8) is 0 Å². The standard InChI is InChI=1S/C10H15N5/c1-6(2)8-5-9-12-13-14-15(9)10(11-8)7(3)4/h5-7H,1-4H3. The van der Waals surface area contributed by atoms with Gasteiger partial charge in [0, 0.05) is 17.7 Å². The average molecular weight is 205 g/mol. The molecule has 0 aliphatic heterocycles. The minimum Gasteiger partial charge on any atom is -0.237 e. The van der Waals surface area contributed by atoms with E-state index in [4.69, 9.17) is 0 Å². The van der Waals surface area contributed by atoms with Gasteiger partial charge in [0.05, 0.1) is 0 Å². The Hall–Kier alpha value is -1.52. The fraction of sp³-hybridized carbons (Fsp3) is 0.600. The van der Waals surface area contributed by atoms with Crippen LogP contribution < -0.4 is 0 Å². The lowest BCUT2D eigenvalue weighted by atomic mass is 10.1. The molecule has 5 heteroatoms. The number of hydrogen-bond donors (Lipinski definition) is 0. The van der Waals surface area contributed by atoms with Crippen molar-refractivity contribution in [3.8, 4) is 0 Å². The van der Waals surface area contributed by atoms with Gasteiger partial charge in [-0.05, 0) is 16.3 Å². The van der Waals surface area contributed by atoms with Crippen LogP contribution in [0.5, 0.6) is 0 Å². The molecule has 0 aliphatic carbocycles. The summed E-state index contributed by atoms with van der Waals surface area (Å²) in [7, 11) is 0. The Morgan fingerprint density at radius 1 is 1.13 bits per heavy atom. The fourth-order valence-corrected chi connectivity index (χ4v) is 1.46. The normalized spacial score (nSPS) is 11.9. The summed E-state index contributed by atoms with van der Waals surface area (Å²) in [6, 6.07) is 1.94. The molecule has 0 saturated heterocycles. The number of tetrazole rings is 1. The molecule has 0 spiro atoms. The quantitative estimate of drug-likeness (QED) is 0.749. The smallest absolute Gasteiger partial charge is 0.183 e. The Morgan fingerprint density at radius 3 is 2.47 bits per heavy atom. The molecule has 0 N–H and O–H groups in total. The minimum atomic E-state index is 0.315. The molecule has 0 fully saturated rings. The molecular formula is C10H15N5. The molecule has 0 radical (unpaired) electrons. The highest BCUT2D eigenvalue weighted by Crippen LogP contribution is 2.18. The highest BCUT2D eigenvalue weighted by molar-refractivity contribution is 5.38. The third kappa shape index (κ3) is 1.69. The number of aromatic nitrogens is 5. The van der Waals surface area contributed by atoms with Crippen molar-refractivity contribution in [2.24, 2.45) is 0 Å². The van der Waals surface area contributed by atoms with E-state index < -0.39 is 0 Å². The van der Waals surface area contributed by atoms with Gasteiger partial charge in [0.25, 0.3) is 0 Å². The zero-order valence-corrected chi connectivity index (χ0v) is 9.47. The van der Waals surface area contributed by atoms with E-state index in [0.29, 0.717) is 11.8 Å². The Labute approximate surface area is 88.5 Å². The Kier molecular flexibility index (Phi) is 2.38. The van der Waals surface area contributed by atoms with E-state index in [1.165, 1.54) is 0 Å². The van der Waals surface area contributed by atoms with Gasteiger partial charge < -0.3 is 0 Å². The van der Waals surface area contributed by atoms with Crippen LogP contribution in [0.15, 0.2) is 6.07 Å². The van der Waals surface area contributed by atoms with Gasteiger partial charge in [-0.25, -0.2) is 4.98 Å². The van der Waals surface area contributed by atoms with Crippen LogP contribution in [-0.4, -0.2) is 25.0 Å². The second kappa shape index (κ2) is 3.56. The third-order valence-electron chi connectivity index (χ3n) is 2.34. The van der Waals surface area contributed by atoms with Crippen molar-refractivity contribution in [2.45, 2.75) is 39.5 Å². The van der Waals surface area contributed by atoms with Gasteiger partial charge in [-0.15, -0.1) is 5.10 Å². The van der Waals surface area contributed by atoms with E-state index in [9.17, 15) is 0 Å². The van der Waals surface area contributed by atoms with Crippen LogP contribution in [0.4, 0.5) is 0 Å². The summed E-state index contributed by atoms with van der Waals surface area (Å²) in [6.45, 7) is 8.42. The van der Waals surface area contributed by atoms with Crippen molar-refractivity contribution >= 4 is 5.65 Å². The van der Waals surface area contributed by atoms with Crippen molar-refractivity contribution in [3.05, 3.63) is 17.6 Å². The van der Waals surface area contributed by atoms with E-state index in [-0.39, 0.29) is 0 Å². The maximum Gasteiger partial charge on any atom is 0.183 e. The molecule has 5 nitrogen and oxygen atoms in total. The summed E-state index contributed by atoms with van der Waals surface area (Å²) in [5.41, 5.74) is 1.82. The number of nitrogens with zero attached hydrogens (tertiary/aromatic N) is 5. The molecule has 0 aromatic carbocycles. The maximum absolute atomic E-state index is 4.59. The first kappa shape index (κ1) is 10.0. The van der Waals surface area contributed by atoms with Crippen molar-refractivity contribution in [1.29, 1.82) is 0 Å². The summed E-state index contributed by atoms with van der Waals surface area (Å²) in [6.07, 6.45) is 0. The molecule has 0 atom stereocenters. The van der Waals surface area contributed by atoms with Crippen molar-refractivity contribution < 1.29 is 0 Å². The van der Waals surface area contributed by atoms with Gasteiger partial charge in [0.1, 0.15) is 5.82 Å². The van der Waals surface area contributed by atoms with Gasteiger partial charge in [-0.3, -0.25) is 0 Å². The molecule has 15 heavy (non-hydrogen) atoms. The summed E-state index contributed by atoms with van der Waals surface area (Å²) in [4.78, 5) is 4.59. The predicted molar refractivity (Wildman–Crippen MR) is 56.8 cm³/mol. The van der Waals surface area contributed by atoms with E-state index >= 15 is 0 Å². The summed E-state index contributed by atoms with van der Waals surface area (Å²) < 4.78 is 1.70. The second-order valence-electron chi connectivity index (χ2n) is 4.30. The maximum atomic E-state index is 4.59. The molecule has 80 valence electrons. The van der Waals surface area contributed by atoms with Crippen molar-refractivity contribution in [1.82, 2.24) is 25.0 Å². The summed E-state index contributed by atoms with van der Waals surface area (Å²) >= 11 is 0. The van der Waals surface area contributed by atoms with Gasteiger partial charge in [-0.2, -0.15) is 4.52 Å². The first-order chi connectivity index (χ1) is 7.09. The van der Waals surface area contributed by atoms with Gasteiger partial charge in [-0.1, -0.05) is 27.7 Å². The minimum absolute atomic E-state index is 0.315. The number of rotatable bonds is 2. The lowest BCUT2D eigenvalue weighted by Gasteiger charge is -2.10. The zero-order valence-electron chi connectivity index (χ0n) is 9.47. The molecule has 2 aromatic rings. The topological polar surface area (TPSA) is 56.0 Å². The van der Waals surface area contributed by atoms with Crippen LogP contribution in [0.3, 0.4) is 0 Å². The van der Waals surface area contributed by atoms with E-state index in [1.54, 1.807) is 4.52 Å². The van der Waals surface area contributed by atoms with Gasteiger partial charge >= 0.3 is 0 Å². The van der Waals surface area contributed by atoms with Gasteiger partial charge in [0.2, 0.25) is 0 Å². The third-order valence-corrected chi connectivity index (χ3v) is 2.34. The van der Waals surface area contributed by atoms with Crippen LogP contribution in [-0.2, 0) is 0 Å². The molecule has 0 bridgehead atoms. The Morgan fingerprint density at radius 2 is 1.87 bits per heavy atom. The lowest BCUT2D eigenvalue weighted by Crippen LogP contribution is -2.08. The molecule has 0 saturated carbocycles. The monoisotopic (exact) mass is 205 g/mol. The Bertz CT molecular complexity index is 472. The predicted octanol–water partition coefficient (Wildman–Crippen LogP) is 1.77. The van der Waals surface area contributed by atoms with E-state index in [0.717, 1.165) is 17.2 Å². The van der Waals surface area contributed by atoms with E-state index in [2.05, 4.69) is 48.2 Å². The van der Waals surface area contributed by atoms with Crippen molar-refractivity contribution in [2.75, 3.05) is 0 Å². The number of hydrogen-bond acceptors (Lipinski definition) is 4. The highest BCUT2D eigenvalue weighted by atomic mass is 15.5. The largest absolute Gasteiger partial charge is 0.237 e. The van der Waals surface area contributed by atoms with E-state index in [1.807, 2.05) is 6.07 Å². The lowest BCUT2D eigenvalue weighted by molar-refractivity contribution is 0.668. The highest BCUT2D eigenvalue weighted by Gasteiger charge is 2.13. The first-order valence-electron chi connectivity index (χ1n) is 5.18. The number of fused-ring (bicyclic) bond motifs is 1. The van der Waals surface area contributed by atoms with Crippen LogP contribution in [0.1, 0.15) is 51.0 Å². The zero-order chi connectivity index (χ0) is 11.0. The second-order valence-corrected chi connectivity index (χ2v) is 4.30. The molecule has 2 rings (SSSR count).